The number of hydrogen-bond acceptors (Lipinski definition) is 12. The third-order valence-electron chi connectivity index (χ3n) is 6.73. The molecule has 4 heterocycles. The third-order valence-corrected chi connectivity index (χ3v) is 8.54. The second-order valence-corrected chi connectivity index (χ2v) is 12.2. The third kappa shape index (κ3) is 5.75. The molecule has 2 aliphatic heterocycles. The summed E-state index contributed by atoms with van der Waals surface area (Å²) in [6, 6.07) is 6.47. The summed E-state index contributed by atoms with van der Waals surface area (Å²) in [5.41, 5.74) is 7.13. The zero-order valence-corrected chi connectivity index (χ0v) is 22.8. The lowest BCUT2D eigenvalue weighted by Crippen LogP contribution is -2.39. The average molecular weight is 594 g/mol. The van der Waals surface area contributed by atoms with Crippen LogP contribution < -0.4 is 5.73 Å². The van der Waals surface area contributed by atoms with Crippen LogP contribution in [0.15, 0.2) is 36.9 Å². The Morgan fingerprint density at radius 2 is 1.75 bits per heavy atom. The van der Waals surface area contributed by atoms with E-state index >= 15 is 0 Å². The van der Waals surface area contributed by atoms with Crippen molar-refractivity contribution in [1.82, 2.24) is 29.3 Å². The lowest BCUT2D eigenvalue weighted by molar-refractivity contribution is -0.0289. The second-order valence-electron chi connectivity index (χ2n) is 9.44. The fourth-order valence-corrected chi connectivity index (χ4v) is 6.61. The van der Waals surface area contributed by atoms with Crippen LogP contribution in [0.2, 0.25) is 0 Å². The Kier molecular flexibility index (Phi) is 8.22. The van der Waals surface area contributed by atoms with Gasteiger partial charge in [-0.3, -0.25) is 28.5 Å². The number of aliphatic hydroxyl groups excluding tert-OH is 2. The van der Waals surface area contributed by atoms with Crippen LogP contribution in [0.25, 0.3) is 11.2 Å². The molecule has 2 aliphatic rings. The van der Waals surface area contributed by atoms with E-state index in [2.05, 4.69) is 15.0 Å². The molecule has 1 fully saturated rings. The number of ether oxygens (including phenoxy) is 1. The average Bonchev–Trinajstić information content (AvgIpc) is 3.54. The van der Waals surface area contributed by atoms with Gasteiger partial charge in [0.25, 0.3) is 11.8 Å². The molecular weight excluding hydrogens is 565 g/mol. The number of amides is 2. The Labute approximate surface area is 232 Å². The van der Waals surface area contributed by atoms with Crippen LogP contribution >= 0.6 is 19.4 Å². The molecule has 6 N–H and O–H groups in total. The Balaban J connectivity index is 1.15. The van der Waals surface area contributed by atoms with Crippen molar-refractivity contribution in [2.75, 3.05) is 43.2 Å². The van der Waals surface area contributed by atoms with E-state index in [-0.39, 0.29) is 31.2 Å². The predicted octanol–water partition coefficient (Wildman–Crippen LogP) is -0.506. The molecule has 5 rings (SSSR count). The van der Waals surface area contributed by atoms with Gasteiger partial charge in [0, 0.05) is 31.1 Å². The van der Waals surface area contributed by atoms with Crippen LogP contribution in [0.4, 0.5) is 5.82 Å². The first-order valence-electron chi connectivity index (χ1n) is 12.3. The topological polar surface area (TPSA) is 217 Å². The van der Waals surface area contributed by atoms with E-state index in [4.69, 9.17) is 10.5 Å². The summed E-state index contributed by atoms with van der Waals surface area (Å²) in [6.07, 6.45) is -2.03. The van der Waals surface area contributed by atoms with E-state index < -0.39 is 50.2 Å². The fraction of sp³-hybridized carbons (Fsp3) is 0.435. The number of benzene rings is 1. The molecule has 0 radical (unpaired) electrons. The number of fused-ring (bicyclic) bond motifs is 2. The van der Waals surface area contributed by atoms with Crippen molar-refractivity contribution in [3.63, 3.8) is 0 Å². The molecule has 1 saturated heterocycles. The minimum absolute atomic E-state index is 0.0255. The molecule has 0 bridgehead atoms. The number of imide groups is 1. The Hall–Kier alpha value is -2.95. The van der Waals surface area contributed by atoms with Gasteiger partial charge in [-0.2, -0.15) is 11.8 Å². The maximum Gasteiger partial charge on any atom is 0.339 e. The summed E-state index contributed by atoms with van der Waals surface area (Å²) < 4.78 is 19.1. The van der Waals surface area contributed by atoms with Gasteiger partial charge in [-0.1, -0.05) is 12.1 Å². The molecule has 214 valence electrons. The maximum absolute atomic E-state index is 12.6. The predicted molar refractivity (Wildman–Crippen MR) is 143 cm³/mol. The van der Waals surface area contributed by atoms with Crippen molar-refractivity contribution in [2.24, 2.45) is 0 Å². The SMILES string of the molecule is Nc1ncnc2c1ncn2[C@@H]1O[C@H](CSCCN(CCN2C(=O)c3ccccc3C2=O)CP(=O)(O)O)[C@@H](O)[C@H]1O. The summed E-state index contributed by atoms with van der Waals surface area (Å²) >= 11 is 1.36. The second kappa shape index (κ2) is 11.5. The van der Waals surface area contributed by atoms with Crippen molar-refractivity contribution in [1.29, 1.82) is 0 Å². The molecule has 3 aromatic rings. The molecule has 40 heavy (non-hydrogen) atoms. The highest BCUT2D eigenvalue weighted by Gasteiger charge is 2.44. The number of nitrogen functional groups attached to an aromatic ring is 1. The van der Waals surface area contributed by atoms with E-state index in [1.807, 2.05) is 0 Å². The summed E-state index contributed by atoms with van der Waals surface area (Å²) in [7, 11) is -4.42. The molecule has 2 aromatic heterocycles. The van der Waals surface area contributed by atoms with Gasteiger partial charge >= 0.3 is 7.60 Å². The Morgan fingerprint density at radius 1 is 1.05 bits per heavy atom. The van der Waals surface area contributed by atoms with Crippen LogP contribution in [-0.2, 0) is 9.30 Å². The van der Waals surface area contributed by atoms with Crippen LogP contribution in [0.3, 0.4) is 0 Å². The lowest BCUT2D eigenvalue weighted by Gasteiger charge is -2.25. The standard InChI is InChI=1S/C23H28N7O8PS/c24-19-16-20(26-10-25-19)30(11-27-16)23-18(32)17(31)15(38-23)9-40-8-7-28(12-39(35,36)37)5-6-29-21(33)13-3-1-2-4-14(13)22(29)34/h1-4,10-11,15,17-18,23,31-32H,5-9,12H2,(H2,24,25,26)(H2,35,36,37)/t15-,17-,18-,23-/m1/s1. The number of anilines is 1. The van der Waals surface area contributed by atoms with Crippen LogP contribution in [0.1, 0.15) is 26.9 Å². The quantitative estimate of drug-likeness (QED) is 0.108. The van der Waals surface area contributed by atoms with Crippen LogP contribution in [-0.4, -0.2) is 117 Å². The maximum atomic E-state index is 12.6. The first-order chi connectivity index (χ1) is 19.0. The number of carbonyl (C=O) groups is 2. The first-order valence-corrected chi connectivity index (χ1v) is 15.2. The monoisotopic (exact) mass is 593 g/mol. The zero-order valence-electron chi connectivity index (χ0n) is 21.1. The van der Waals surface area contributed by atoms with Gasteiger partial charge < -0.3 is 30.5 Å². The molecule has 0 spiro atoms. The van der Waals surface area contributed by atoms with Crippen LogP contribution in [0, 0.1) is 0 Å². The van der Waals surface area contributed by atoms with Gasteiger partial charge in [0.1, 0.15) is 30.3 Å². The number of carbonyl (C=O) groups excluding carboxylic acids is 2. The van der Waals surface area contributed by atoms with Crippen molar-refractivity contribution in [2.45, 2.75) is 24.5 Å². The summed E-state index contributed by atoms with van der Waals surface area (Å²) in [5.74, 6) is -0.0296. The van der Waals surface area contributed by atoms with E-state index in [9.17, 15) is 34.2 Å². The molecule has 15 nitrogen and oxygen atoms in total. The molecule has 17 heteroatoms. The number of hydrogen-bond donors (Lipinski definition) is 5. The summed E-state index contributed by atoms with van der Waals surface area (Å²) in [5, 5.41) is 21.2. The van der Waals surface area contributed by atoms with Crippen molar-refractivity contribution >= 4 is 48.2 Å². The minimum atomic E-state index is -4.42. The van der Waals surface area contributed by atoms with E-state index in [1.54, 1.807) is 24.3 Å². The molecule has 1 aromatic carbocycles. The van der Waals surface area contributed by atoms with Crippen LogP contribution in [0.5, 0.6) is 0 Å². The highest BCUT2D eigenvalue weighted by atomic mass is 32.2. The molecular formula is C23H28N7O8PS. The first kappa shape index (κ1) is 28.6. The molecule has 0 aliphatic carbocycles. The summed E-state index contributed by atoms with van der Waals surface area (Å²) in [6.45, 7) is 0.275. The van der Waals surface area contributed by atoms with E-state index in [0.29, 0.717) is 28.0 Å². The number of imidazole rings is 1. The largest absolute Gasteiger partial charge is 0.387 e. The molecule has 2 amide bonds. The van der Waals surface area contributed by atoms with Gasteiger partial charge in [-0.25, -0.2) is 15.0 Å². The van der Waals surface area contributed by atoms with Gasteiger partial charge in [-0.15, -0.1) is 0 Å². The van der Waals surface area contributed by atoms with E-state index in [1.165, 1.54) is 33.9 Å². The van der Waals surface area contributed by atoms with Crippen molar-refractivity contribution < 1.29 is 38.9 Å². The number of rotatable bonds is 11. The smallest absolute Gasteiger partial charge is 0.339 e. The number of nitrogens with two attached hydrogens (primary N) is 1. The normalized spacial score (nSPS) is 23.1. The fourth-order valence-electron chi connectivity index (χ4n) is 4.74. The zero-order chi connectivity index (χ0) is 28.6. The van der Waals surface area contributed by atoms with Crippen molar-refractivity contribution in [3.8, 4) is 0 Å². The van der Waals surface area contributed by atoms with E-state index in [0.717, 1.165) is 4.90 Å². The summed E-state index contributed by atoms with van der Waals surface area (Å²) in [4.78, 5) is 59.1. The Morgan fingerprint density at radius 3 is 2.42 bits per heavy atom. The van der Waals surface area contributed by atoms with Gasteiger partial charge in [0.05, 0.1) is 23.6 Å². The van der Waals surface area contributed by atoms with Gasteiger partial charge in [0.15, 0.2) is 17.7 Å². The molecule has 0 unspecified atom stereocenters. The Bertz CT molecular complexity index is 1430. The highest BCUT2D eigenvalue weighted by Crippen LogP contribution is 2.36. The van der Waals surface area contributed by atoms with Gasteiger partial charge in [-0.05, 0) is 12.1 Å². The van der Waals surface area contributed by atoms with Crippen molar-refractivity contribution in [3.05, 3.63) is 48.0 Å². The number of aromatic nitrogens is 4. The number of aliphatic hydroxyl groups is 2. The number of thioether (sulfide) groups is 1. The molecule has 4 atom stereocenters. The van der Waals surface area contributed by atoms with Gasteiger partial charge in [0.2, 0.25) is 0 Å². The lowest BCUT2D eigenvalue weighted by atomic mass is 10.1. The number of nitrogens with zero attached hydrogens (tertiary/aromatic N) is 6. The minimum Gasteiger partial charge on any atom is -0.387 e. The molecule has 0 saturated carbocycles. The highest BCUT2D eigenvalue weighted by molar-refractivity contribution is 7.99.